The number of benzene rings is 1. The molecule has 6 heteroatoms. The lowest BCUT2D eigenvalue weighted by atomic mass is 10.0. The van der Waals surface area contributed by atoms with Crippen molar-refractivity contribution in [3.8, 4) is 23.0 Å². The van der Waals surface area contributed by atoms with Gasteiger partial charge in [0.2, 0.25) is 5.56 Å². The number of ether oxygens (including phenoxy) is 1. The fourth-order valence-electron chi connectivity index (χ4n) is 3.07. The standard InChI is InChI=1S/C23H26FN3O2/c1-15(2)7-5-9-18-13-20(17-11-12-21(28)27(4)14-17)26-23(25-18)29-22-16(3)8-6-10-19(22)24/h6,8,10-15H,5,7,9H2,1-4H3. The van der Waals surface area contributed by atoms with Gasteiger partial charge in [0.05, 0.1) is 5.69 Å². The number of para-hydroxylation sites is 1. The predicted octanol–water partition coefficient (Wildman–Crippen LogP) is 5.06. The highest BCUT2D eigenvalue weighted by Gasteiger charge is 2.13. The second-order valence-electron chi connectivity index (χ2n) is 7.67. The van der Waals surface area contributed by atoms with Crippen LogP contribution in [0, 0.1) is 18.7 Å². The summed E-state index contributed by atoms with van der Waals surface area (Å²) in [4.78, 5) is 20.7. The molecule has 0 saturated carbocycles. The third-order valence-corrected chi connectivity index (χ3v) is 4.71. The van der Waals surface area contributed by atoms with E-state index in [0.717, 1.165) is 30.5 Å². The number of rotatable bonds is 7. The van der Waals surface area contributed by atoms with Crippen LogP contribution in [0.25, 0.3) is 11.3 Å². The topological polar surface area (TPSA) is 57.0 Å². The lowest BCUT2D eigenvalue weighted by molar-refractivity contribution is 0.406. The van der Waals surface area contributed by atoms with Crippen molar-refractivity contribution >= 4 is 0 Å². The highest BCUT2D eigenvalue weighted by molar-refractivity contribution is 5.58. The van der Waals surface area contributed by atoms with E-state index < -0.39 is 5.82 Å². The quantitative estimate of drug-likeness (QED) is 0.561. The first-order valence-corrected chi connectivity index (χ1v) is 9.81. The Morgan fingerprint density at radius 3 is 2.66 bits per heavy atom. The minimum atomic E-state index is -0.456. The number of nitrogens with zero attached hydrogens (tertiary/aromatic N) is 3. The van der Waals surface area contributed by atoms with Gasteiger partial charge < -0.3 is 9.30 Å². The number of aryl methyl sites for hydroxylation is 3. The molecule has 0 aliphatic rings. The van der Waals surface area contributed by atoms with Crippen molar-refractivity contribution in [3.05, 3.63) is 70.0 Å². The van der Waals surface area contributed by atoms with Crippen molar-refractivity contribution in [1.82, 2.24) is 14.5 Å². The second kappa shape index (κ2) is 8.99. The van der Waals surface area contributed by atoms with Gasteiger partial charge in [-0.3, -0.25) is 4.79 Å². The van der Waals surface area contributed by atoms with Gasteiger partial charge in [-0.2, -0.15) is 9.97 Å². The van der Waals surface area contributed by atoms with Crippen LogP contribution in [0.15, 0.2) is 47.4 Å². The Morgan fingerprint density at radius 2 is 1.97 bits per heavy atom. The van der Waals surface area contributed by atoms with Crippen LogP contribution >= 0.6 is 0 Å². The molecule has 0 unspecified atom stereocenters. The molecule has 0 aliphatic heterocycles. The number of pyridine rings is 1. The molecule has 2 aromatic heterocycles. The van der Waals surface area contributed by atoms with Crippen molar-refractivity contribution in [2.24, 2.45) is 13.0 Å². The summed E-state index contributed by atoms with van der Waals surface area (Å²) in [6.07, 6.45) is 4.56. The first kappa shape index (κ1) is 20.7. The number of hydrogen-bond acceptors (Lipinski definition) is 4. The molecule has 3 rings (SSSR count). The van der Waals surface area contributed by atoms with E-state index in [0.29, 0.717) is 17.2 Å². The molecular formula is C23H26FN3O2. The van der Waals surface area contributed by atoms with E-state index in [-0.39, 0.29) is 17.3 Å². The van der Waals surface area contributed by atoms with E-state index in [4.69, 9.17) is 4.74 Å². The van der Waals surface area contributed by atoms with Crippen LogP contribution in [0.2, 0.25) is 0 Å². The largest absolute Gasteiger partial charge is 0.421 e. The van der Waals surface area contributed by atoms with E-state index in [9.17, 15) is 9.18 Å². The molecule has 0 bridgehead atoms. The van der Waals surface area contributed by atoms with Crippen molar-refractivity contribution in [1.29, 1.82) is 0 Å². The van der Waals surface area contributed by atoms with Crippen LogP contribution in [0.1, 0.15) is 37.9 Å². The van der Waals surface area contributed by atoms with Crippen LogP contribution in [-0.4, -0.2) is 14.5 Å². The fourth-order valence-corrected chi connectivity index (χ4v) is 3.07. The van der Waals surface area contributed by atoms with Gasteiger partial charge in [0.25, 0.3) is 0 Å². The van der Waals surface area contributed by atoms with Gasteiger partial charge in [0, 0.05) is 30.6 Å². The van der Waals surface area contributed by atoms with E-state index in [1.54, 1.807) is 38.4 Å². The fraction of sp³-hybridized carbons (Fsp3) is 0.348. The Labute approximate surface area is 170 Å². The van der Waals surface area contributed by atoms with Crippen LogP contribution in [-0.2, 0) is 13.5 Å². The van der Waals surface area contributed by atoms with Gasteiger partial charge >= 0.3 is 6.01 Å². The first-order chi connectivity index (χ1) is 13.8. The second-order valence-corrected chi connectivity index (χ2v) is 7.67. The molecule has 0 radical (unpaired) electrons. The third kappa shape index (κ3) is 5.28. The zero-order valence-corrected chi connectivity index (χ0v) is 17.3. The number of hydrogen-bond donors (Lipinski definition) is 0. The number of halogens is 1. The average molecular weight is 395 g/mol. The molecule has 0 amide bonds. The van der Waals surface area contributed by atoms with Crippen molar-refractivity contribution in [2.75, 3.05) is 0 Å². The molecule has 0 atom stereocenters. The Bertz CT molecular complexity index is 1040. The Kier molecular flexibility index (Phi) is 6.42. The van der Waals surface area contributed by atoms with Crippen LogP contribution < -0.4 is 10.3 Å². The van der Waals surface area contributed by atoms with Crippen LogP contribution in [0.3, 0.4) is 0 Å². The summed E-state index contributed by atoms with van der Waals surface area (Å²) in [6, 6.07) is 9.99. The predicted molar refractivity (Wildman–Crippen MR) is 112 cm³/mol. The van der Waals surface area contributed by atoms with Gasteiger partial charge in [-0.05, 0) is 49.4 Å². The average Bonchev–Trinajstić information content (AvgIpc) is 2.66. The zero-order chi connectivity index (χ0) is 21.0. The maximum atomic E-state index is 14.2. The molecule has 152 valence electrons. The minimum Gasteiger partial charge on any atom is -0.421 e. The SMILES string of the molecule is Cc1cccc(F)c1Oc1nc(CCCC(C)C)cc(-c2ccc(=O)n(C)c2)n1. The smallest absolute Gasteiger partial charge is 0.322 e. The highest BCUT2D eigenvalue weighted by Crippen LogP contribution is 2.28. The molecule has 2 heterocycles. The first-order valence-electron chi connectivity index (χ1n) is 9.81. The molecule has 0 aliphatic carbocycles. The molecule has 0 fully saturated rings. The lowest BCUT2D eigenvalue weighted by Crippen LogP contribution is -2.14. The maximum absolute atomic E-state index is 14.2. The highest BCUT2D eigenvalue weighted by atomic mass is 19.1. The molecule has 0 N–H and O–H groups in total. The minimum absolute atomic E-state index is 0.0987. The van der Waals surface area contributed by atoms with E-state index in [1.807, 2.05) is 6.07 Å². The third-order valence-electron chi connectivity index (χ3n) is 4.71. The molecule has 29 heavy (non-hydrogen) atoms. The monoisotopic (exact) mass is 395 g/mol. The summed E-state index contributed by atoms with van der Waals surface area (Å²) in [7, 11) is 1.69. The summed E-state index contributed by atoms with van der Waals surface area (Å²) in [5.41, 5.74) is 2.81. The van der Waals surface area contributed by atoms with Crippen molar-refractivity contribution in [2.45, 2.75) is 40.0 Å². The normalized spacial score (nSPS) is 11.1. The summed E-state index contributed by atoms with van der Waals surface area (Å²) in [5.74, 6) is 0.275. The summed E-state index contributed by atoms with van der Waals surface area (Å²) < 4.78 is 21.5. The molecule has 3 aromatic rings. The van der Waals surface area contributed by atoms with Gasteiger partial charge in [-0.15, -0.1) is 0 Å². The molecular weight excluding hydrogens is 369 g/mol. The molecule has 0 saturated heterocycles. The summed E-state index contributed by atoms with van der Waals surface area (Å²) in [6.45, 7) is 6.15. The van der Waals surface area contributed by atoms with Crippen LogP contribution in [0.4, 0.5) is 4.39 Å². The Hall–Kier alpha value is -3.02. The lowest BCUT2D eigenvalue weighted by Gasteiger charge is -2.12. The van der Waals surface area contributed by atoms with Gasteiger partial charge in [0.1, 0.15) is 0 Å². The Balaban J connectivity index is 2.00. The molecule has 1 aromatic carbocycles. The molecule has 0 spiro atoms. The summed E-state index contributed by atoms with van der Waals surface area (Å²) in [5, 5.41) is 0. The zero-order valence-electron chi connectivity index (χ0n) is 17.3. The van der Waals surface area contributed by atoms with Gasteiger partial charge in [-0.1, -0.05) is 32.4 Å². The van der Waals surface area contributed by atoms with Crippen molar-refractivity contribution < 1.29 is 9.13 Å². The Morgan fingerprint density at radius 1 is 1.17 bits per heavy atom. The van der Waals surface area contributed by atoms with E-state index in [2.05, 4.69) is 23.8 Å². The maximum Gasteiger partial charge on any atom is 0.322 e. The summed E-state index contributed by atoms with van der Waals surface area (Å²) >= 11 is 0. The molecule has 5 nitrogen and oxygen atoms in total. The van der Waals surface area contributed by atoms with E-state index >= 15 is 0 Å². The van der Waals surface area contributed by atoms with Gasteiger partial charge in [-0.25, -0.2) is 4.39 Å². The van der Waals surface area contributed by atoms with E-state index in [1.165, 1.54) is 16.7 Å². The van der Waals surface area contributed by atoms with Crippen LogP contribution in [0.5, 0.6) is 11.8 Å². The van der Waals surface area contributed by atoms with Crippen molar-refractivity contribution in [3.63, 3.8) is 0 Å². The van der Waals surface area contributed by atoms with Gasteiger partial charge in [0.15, 0.2) is 11.6 Å². The number of aromatic nitrogens is 3.